The Bertz CT molecular complexity index is 1760. The third-order valence-corrected chi connectivity index (χ3v) is 6.99. The van der Waals surface area contributed by atoms with Gasteiger partial charge in [-0.15, -0.1) is 13.2 Å². The number of carbonyl (C=O) groups excluding carboxylic acids is 3. The zero-order chi connectivity index (χ0) is 36.3. The number of hydrogen-bond acceptors (Lipinski definition) is 11. The predicted molar refractivity (Wildman–Crippen MR) is 177 cm³/mol. The van der Waals surface area contributed by atoms with Crippen molar-refractivity contribution in [2.24, 2.45) is 11.5 Å². The highest BCUT2D eigenvalue weighted by Gasteiger charge is 2.31. The lowest BCUT2D eigenvalue weighted by molar-refractivity contribution is -0.274. The molecule has 0 saturated heterocycles. The van der Waals surface area contributed by atoms with Crippen LogP contribution in [0.3, 0.4) is 0 Å². The van der Waals surface area contributed by atoms with Crippen LogP contribution >= 0.6 is 0 Å². The Hall–Kier alpha value is -5.80. The van der Waals surface area contributed by atoms with Gasteiger partial charge in [0.25, 0.3) is 11.8 Å². The summed E-state index contributed by atoms with van der Waals surface area (Å²) in [6, 6.07) is 15.0. The van der Waals surface area contributed by atoms with Gasteiger partial charge in [0.1, 0.15) is 17.1 Å². The maximum absolute atomic E-state index is 12.4. The standard InChI is InChI=1S/C17H20N4O3.C16H17F3N4O2/c1-4-21(5-2)17-19-13(10-14(20-17)15(18)22)11-6-8-12(9-7-11)16(23)24-3;1-3-23(4-2)15-21-12(9-13(22-15)14(20)24)10-6-5-7-11(8-10)25-16(17,18)19/h6-10H,4-5H2,1-3H3,(H2,18,22);5-9H,3-4H2,1-2H3,(H2,20,24). The summed E-state index contributed by atoms with van der Waals surface area (Å²) in [6.45, 7) is 10.3. The van der Waals surface area contributed by atoms with Crippen LogP contribution in [0.1, 0.15) is 59.0 Å². The highest BCUT2D eigenvalue weighted by Crippen LogP contribution is 2.28. The molecule has 0 aliphatic carbocycles. The minimum atomic E-state index is -4.80. The number of alkyl halides is 3. The number of ether oxygens (including phenoxy) is 2. The van der Waals surface area contributed by atoms with Crippen LogP contribution in [-0.2, 0) is 4.74 Å². The maximum atomic E-state index is 12.4. The van der Waals surface area contributed by atoms with Crippen LogP contribution < -0.4 is 26.0 Å². The molecular weight excluding hydrogens is 645 g/mol. The van der Waals surface area contributed by atoms with Crippen molar-refractivity contribution in [3.63, 3.8) is 0 Å². The number of hydrogen-bond donors (Lipinski definition) is 2. The van der Waals surface area contributed by atoms with E-state index in [-0.39, 0.29) is 28.8 Å². The number of aromatic nitrogens is 4. The highest BCUT2D eigenvalue weighted by molar-refractivity contribution is 5.93. The van der Waals surface area contributed by atoms with E-state index >= 15 is 0 Å². The first kappa shape index (κ1) is 37.7. The normalized spacial score (nSPS) is 10.8. The van der Waals surface area contributed by atoms with E-state index in [1.54, 1.807) is 41.3 Å². The van der Waals surface area contributed by atoms with Gasteiger partial charge in [-0.25, -0.2) is 24.7 Å². The summed E-state index contributed by atoms with van der Waals surface area (Å²) in [5, 5.41) is 0. The van der Waals surface area contributed by atoms with Gasteiger partial charge in [0.15, 0.2) is 0 Å². The fourth-order valence-corrected chi connectivity index (χ4v) is 4.46. The van der Waals surface area contributed by atoms with E-state index in [9.17, 15) is 27.6 Å². The summed E-state index contributed by atoms with van der Waals surface area (Å²) in [4.78, 5) is 55.5. The largest absolute Gasteiger partial charge is 0.573 e. The number of amides is 2. The van der Waals surface area contributed by atoms with Crippen molar-refractivity contribution < 1.29 is 37.0 Å². The summed E-state index contributed by atoms with van der Waals surface area (Å²) in [6.07, 6.45) is -4.80. The number of nitrogens with zero attached hydrogens (tertiary/aromatic N) is 6. The third-order valence-electron chi connectivity index (χ3n) is 6.99. The summed E-state index contributed by atoms with van der Waals surface area (Å²) in [7, 11) is 1.33. The van der Waals surface area contributed by atoms with Gasteiger partial charge < -0.3 is 30.7 Å². The molecule has 4 rings (SSSR count). The Kier molecular flexibility index (Phi) is 12.9. The van der Waals surface area contributed by atoms with Gasteiger partial charge in [-0.05, 0) is 64.1 Å². The van der Waals surface area contributed by atoms with Crippen LogP contribution in [0.15, 0.2) is 60.7 Å². The molecule has 16 heteroatoms. The monoisotopic (exact) mass is 682 g/mol. The van der Waals surface area contributed by atoms with E-state index < -0.39 is 24.1 Å². The van der Waals surface area contributed by atoms with E-state index in [0.29, 0.717) is 48.9 Å². The summed E-state index contributed by atoms with van der Waals surface area (Å²) < 4.78 is 45.8. The quantitative estimate of drug-likeness (QED) is 0.195. The number of rotatable bonds is 12. The Balaban J connectivity index is 0.000000266. The minimum Gasteiger partial charge on any atom is -0.465 e. The smallest absolute Gasteiger partial charge is 0.465 e. The topological polar surface area (TPSA) is 180 Å². The van der Waals surface area contributed by atoms with Crippen molar-refractivity contribution in [2.75, 3.05) is 43.1 Å². The van der Waals surface area contributed by atoms with Crippen molar-refractivity contribution in [3.05, 3.63) is 77.6 Å². The van der Waals surface area contributed by atoms with E-state index in [4.69, 9.17) is 11.5 Å². The number of primary amides is 2. The van der Waals surface area contributed by atoms with Crippen LogP contribution in [0, 0.1) is 0 Å². The lowest BCUT2D eigenvalue weighted by Crippen LogP contribution is -2.26. The number of methoxy groups -OCH3 is 1. The van der Waals surface area contributed by atoms with Gasteiger partial charge in [0.2, 0.25) is 11.9 Å². The first-order valence-electron chi connectivity index (χ1n) is 15.2. The average Bonchev–Trinajstić information content (AvgIpc) is 3.08. The summed E-state index contributed by atoms with van der Waals surface area (Å²) in [5.41, 5.74) is 13.2. The molecule has 0 aliphatic heterocycles. The van der Waals surface area contributed by atoms with Crippen LogP contribution in [-0.4, -0.2) is 77.4 Å². The Morgan fingerprint density at radius 1 is 0.694 bits per heavy atom. The van der Waals surface area contributed by atoms with Crippen molar-refractivity contribution in [3.8, 4) is 28.3 Å². The molecule has 2 amide bonds. The predicted octanol–water partition coefficient (Wildman–Crippen LogP) is 4.86. The molecule has 4 N–H and O–H groups in total. The number of carbonyl (C=O) groups is 3. The Morgan fingerprint density at radius 3 is 1.57 bits per heavy atom. The second-order valence-electron chi connectivity index (χ2n) is 10.1. The van der Waals surface area contributed by atoms with Crippen molar-refractivity contribution in [2.45, 2.75) is 34.1 Å². The molecule has 49 heavy (non-hydrogen) atoms. The second-order valence-corrected chi connectivity index (χ2v) is 10.1. The van der Waals surface area contributed by atoms with Crippen LogP contribution in [0.4, 0.5) is 25.1 Å². The molecule has 13 nitrogen and oxygen atoms in total. The van der Waals surface area contributed by atoms with E-state index in [1.807, 2.05) is 32.6 Å². The van der Waals surface area contributed by atoms with Crippen LogP contribution in [0.5, 0.6) is 5.75 Å². The first-order valence-corrected chi connectivity index (χ1v) is 15.2. The molecule has 2 heterocycles. The van der Waals surface area contributed by atoms with E-state index in [2.05, 4.69) is 29.4 Å². The van der Waals surface area contributed by atoms with Crippen molar-refractivity contribution in [1.29, 1.82) is 0 Å². The molecule has 0 aliphatic rings. The van der Waals surface area contributed by atoms with E-state index in [1.165, 1.54) is 31.4 Å². The lowest BCUT2D eigenvalue weighted by Gasteiger charge is -2.19. The van der Waals surface area contributed by atoms with Crippen molar-refractivity contribution in [1.82, 2.24) is 19.9 Å². The average molecular weight is 683 g/mol. The number of esters is 1. The van der Waals surface area contributed by atoms with Gasteiger partial charge in [-0.1, -0.05) is 24.3 Å². The zero-order valence-electron chi connectivity index (χ0n) is 27.6. The van der Waals surface area contributed by atoms with Gasteiger partial charge in [0, 0.05) is 37.3 Å². The van der Waals surface area contributed by atoms with Gasteiger partial charge in [-0.3, -0.25) is 9.59 Å². The molecule has 2 aromatic carbocycles. The maximum Gasteiger partial charge on any atom is 0.573 e. The Morgan fingerprint density at radius 2 is 1.16 bits per heavy atom. The van der Waals surface area contributed by atoms with Gasteiger partial charge >= 0.3 is 12.3 Å². The number of anilines is 2. The highest BCUT2D eigenvalue weighted by atomic mass is 19.4. The van der Waals surface area contributed by atoms with E-state index in [0.717, 1.165) is 5.56 Å². The first-order chi connectivity index (χ1) is 23.2. The molecule has 0 fully saturated rings. The number of nitrogens with two attached hydrogens (primary N) is 2. The molecule has 2 aromatic heterocycles. The molecule has 0 atom stereocenters. The molecule has 0 saturated carbocycles. The second kappa shape index (κ2) is 16.9. The minimum absolute atomic E-state index is 0.0194. The SMILES string of the molecule is CCN(CC)c1nc(C(N)=O)cc(-c2ccc(C(=O)OC)cc2)n1.CCN(CC)c1nc(C(N)=O)cc(-c2cccc(OC(F)(F)F)c2)n1. The Labute approximate surface area is 281 Å². The molecule has 260 valence electrons. The molecule has 0 unspecified atom stereocenters. The molecule has 0 radical (unpaired) electrons. The van der Waals surface area contributed by atoms with Crippen molar-refractivity contribution >= 4 is 29.7 Å². The fourth-order valence-electron chi connectivity index (χ4n) is 4.46. The molecule has 0 bridgehead atoms. The number of halogens is 3. The molecule has 4 aromatic rings. The molecule has 0 spiro atoms. The van der Waals surface area contributed by atoms with Gasteiger partial charge in [-0.2, -0.15) is 0 Å². The lowest BCUT2D eigenvalue weighted by atomic mass is 10.1. The fraction of sp³-hybridized carbons (Fsp3) is 0.303. The van der Waals surface area contributed by atoms with Crippen LogP contribution in [0.25, 0.3) is 22.5 Å². The van der Waals surface area contributed by atoms with Gasteiger partial charge in [0.05, 0.1) is 24.1 Å². The number of benzene rings is 2. The van der Waals surface area contributed by atoms with Crippen LogP contribution in [0.2, 0.25) is 0 Å². The zero-order valence-corrected chi connectivity index (χ0v) is 27.6. The summed E-state index contributed by atoms with van der Waals surface area (Å²) in [5.74, 6) is -1.43. The molecular formula is C33H37F3N8O5. The summed E-state index contributed by atoms with van der Waals surface area (Å²) >= 11 is 0. The third kappa shape index (κ3) is 10.3.